The summed E-state index contributed by atoms with van der Waals surface area (Å²) >= 11 is 0. The first kappa shape index (κ1) is 15.6. The van der Waals surface area contributed by atoms with Crippen molar-refractivity contribution >= 4 is 12.2 Å². The molecule has 0 saturated carbocycles. The van der Waals surface area contributed by atoms with Gasteiger partial charge in [-0.05, 0) is 35.4 Å². The van der Waals surface area contributed by atoms with E-state index in [2.05, 4.69) is 4.74 Å². The first-order valence-electron chi connectivity index (χ1n) is 5.95. The Labute approximate surface area is 118 Å². The summed E-state index contributed by atoms with van der Waals surface area (Å²) in [5.74, 6) is 0.267. The summed E-state index contributed by atoms with van der Waals surface area (Å²) in [4.78, 5) is 0. The van der Waals surface area contributed by atoms with Crippen molar-refractivity contribution in [2.24, 2.45) is 0 Å². The highest BCUT2D eigenvalue weighted by Crippen LogP contribution is 2.22. The lowest BCUT2D eigenvalue weighted by Gasteiger charge is -1.98. The number of hydrogen-bond acceptors (Lipinski definition) is 4. The third kappa shape index (κ3) is 5.46. The summed E-state index contributed by atoms with van der Waals surface area (Å²) in [6.45, 7) is 0. The zero-order chi connectivity index (χ0) is 15.0. The Kier molecular flexibility index (Phi) is 6.13. The highest BCUT2D eigenvalue weighted by molar-refractivity contribution is 5.71. The van der Waals surface area contributed by atoms with Gasteiger partial charge in [0.05, 0.1) is 0 Å². The van der Waals surface area contributed by atoms with E-state index in [0.717, 1.165) is 5.56 Å². The van der Waals surface area contributed by atoms with Crippen molar-refractivity contribution in [3.05, 3.63) is 53.6 Å². The Morgan fingerprint density at radius 2 is 1.15 bits per heavy atom. The molecule has 0 aliphatic rings. The first-order valence-corrected chi connectivity index (χ1v) is 5.95. The summed E-state index contributed by atoms with van der Waals surface area (Å²) in [7, 11) is 3.25. The van der Waals surface area contributed by atoms with E-state index in [9.17, 15) is 10.2 Å². The van der Waals surface area contributed by atoms with Gasteiger partial charge in [0, 0.05) is 20.3 Å². The SMILES string of the molecule is COC.Oc1ccc(/C=C/c2cc(O)cc(O)c2)cc1. The summed E-state index contributed by atoms with van der Waals surface area (Å²) in [5, 5.41) is 27.7. The smallest absolute Gasteiger partial charge is 0.119 e. The number of rotatable bonds is 2. The van der Waals surface area contributed by atoms with Crippen molar-refractivity contribution in [2.75, 3.05) is 14.2 Å². The third-order valence-corrected chi connectivity index (χ3v) is 2.29. The van der Waals surface area contributed by atoms with Crippen LogP contribution in [0.5, 0.6) is 17.2 Å². The third-order valence-electron chi connectivity index (χ3n) is 2.29. The zero-order valence-corrected chi connectivity index (χ0v) is 11.4. The van der Waals surface area contributed by atoms with Crippen LogP contribution in [0.3, 0.4) is 0 Å². The molecule has 0 amide bonds. The van der Waals surface area contributed by atoms with E-state index in [0.29, 0.717) is 5.56 Å². The van der Waals surface area contributed by atoms with E-state index in [1.54, 1.807) is 56.7 Å². The van der Waals surface area contributed by atoms with Crippen LogP contribution in [0.1, 0.15) is 11.1 Å². The molecule has 0 aromatic heterocycles. The average molecular weight is 274 g/mol. The first-order chi connectivity index (χ1) is 9.55. The van der Waals surface area contributed by atoms with Gasteiger partial charge in [0.15, 0.2) is 0 Å². The van der Waals surface area contributed by atoms with E-state index in [-0.39, 0.29) is 17.2 Å². The predicted molar refractivity (Wildman–Crippen MR) is 79.7 cm³/mol. The molecule has 0 heterocycles. The van der Waals surface area contributed by atoms with Gasteiger partial charge in [0.25, 0.3) is 0 Å². The van der Waals surface area contributed by atoms with Gasteiger partial charge >= 0.3 is 0 Å². The van der Waals surface area contributed by atoms with Crippen LogP contribution in [-0.2, 0) is 4.74 Å². The van der Waals surface area contributed by atoms with E-state index in [1.165, 1.54) is 6.07 Å². The van der Waals surface area contributed by atoms with Gasteiger partial charge in [-0.1, -0.05) is 24.3 Å². The number of phenols is 3. The standard InChI is InChI=1S/C14H12O3.C2H6O/c15-12-5-3-10(4-6-12)1-2-11-7-13(16)9-14(17)8-11;1-3-2/h1-9,15-17H;1-2H3/b2-1+;. The van der Waals surface area contributed by atoms with Crippen molar-refractivity contribution in [3.63, 3.8) is 0 Å². The highest BCUT2D eigenvalue weighted by Gasteiger charge is 1.95. The number of ether oxygens (including phenoxy) is 1. The van der Waals surface area contributed by atoms with Gasteiger partial charge in [-0.15, -0.1) is 0 Å². The van der Waals surface area contributed by atoms with Crippen LogP contribution in [0.25, 0.3) is 12.2 Å². The fourth-order valence-corrected chi connectivity index (χ4v) is 1.49. The molecule has 0 aliphatic carbocycles. The van der Waals surface area contributed by atoms with E-state index < -0.39 is 0 Å². The van der Waals surface area contributed by atoms with E-state index >= 15 is 0 Å². The minimum Gasteiger partial charge on any atom is -0.508 e. The largest absolute Gasteiger partial charge is 0.508 e. The van der Waals surface area contributed by atoms with Crippen LogP contribution in [-0.4, -0.2) is 29.5 Å². The summed E-state index contributed by atoms with van der Waals surface area (Å²) in [6, 6.07) is 11.1. The van der Waals surface area contributed by atoms with Crippen LogP contribution in [0, 0.1) is 0 Å². The van der Waals surface area contributed by atoms with E-state index in [4.69, 9.17) is 5.11 Å². The van der Waals surface area contributed by atoms with Crippen LogP contribution in [0.15, 0.2) is 42.5 Å². The van der Waals surface area contributed by atoms with Gasteiger partial charge < -0.3 is 20.1 Å². The summed E-state index contributed by atoms with van der Waals surface area (Å²) in [6.07, 6.45) is 3.60. The normalized spacial score (nSPS) is 10.1. The van der Waals surface area contributed by atoms with Crippen LogP contribution >= 0.6 is 0 Å². The Hall–Kier alpha value is -2.46. The summed E-state index contributed by atoms with van der Waals surface area (Å²) in [5.41, 5.74) is 1.63. The van der Waals surface area contributed by atoms with Gasteiger partial charge in [0.2, 0.25) is 0 Å². The van der Waals surface area contributed by atoms with Gasteiger partial charge in [-0.2, -0.15) is 0 Å². The van der Waals surface area contributed by atoms with E-state index in [1.807, 2.05) is 6.08 Å². The maximum atomic E-state index is 9.30. The van der Waals surface area contributed by atoms with Gasteiger partial charge in [0.1, 0.15) is 17.2 Å². The molecule has 2 aromatic carbocycles. The molecule has 4 nitrogen and oxygen atoms in total. The second kappa shape index (κ2) is 7.86. The Morgan fingerprint density at radius 1 is 0.700 bits per heavy atom. The van der Waals surface area contributed by atoms with Crippen molar-refractivity contribution in [1.29, 1.82) is 0 Å². The van der Waals surface area contributed by atoms with Crippen LogP contribution in [0.4, 0.5) is 0 Å². The molecule has 0 fully saturated rings. The molecule has 0 saturated heterocycles. The Balaban J connectivity index is 0.000000612. The predicted octanol–water partition coefficient (Wildman–Crippen LogP) is 3.24. The average Bonchev–Trinajstić information content (AvgIpc) is 2.38. The molecule has 20 heavy (non-hydrogen) atoms. The Bertz CT molecular complexity index is 539. The van der Waals surface area contributed by atoms with Gasteiger partial charge in [-0.3, -0.25) is 0 Å². The minimum absolute atomic E-state index is 0.0235. The molecule has 0 spiro atoms. The molecule has 0 bridgehead atoms. The van der Waals surface area contributed by atoms with Crippen LogP contribution in [0.2, 0.25) is 0 Å². The molecule has 106 valence electrons. The maximum Gasteiger partial charge on any atom is 0.119 e. The quantitative estimate of drug-likeness (QED) is 0.735. The van der Waals surface area contributed by atoms with Crippen LogP contribution < -0.4 is 0 Å². The molecule has 0 radical (unpaired) electrons. The Morgan fingerprint density at radius 3 is 1.65 bits per heavy atom. The second-order valence-corrected chi connectivity index (χ2v) is 4.12. The molecule has 3 N–H and O–H groups in total. The van der Waals surface area contributed by atoms with Gasteiger partial charge in [-0.25, -0.2) is 0 Å². The molecular weight excluding hydrogens is 256 g/mol. The lowest BCUT2D eigenvalue weighted by atomic mass is 10.1. The minimum atomic E-state index is 0.0235. The molecule has 2 rings (SSSR count). The highest BCUT2D eigenvalue weighted by atomic mass is 16.4. The number of aromatic hydroxyl groups is 3. The number of phenolic OH excluding ortho intramolecular Hbond substituents is 3. The lowest BCUT2D eigenvalue weighted by Crippen LogP contribution is -1.74. The fourth-order valence-electron chi connectivity index (χ4n) is 1.49. The van der Waals surface area contributed by atoms with Crippen molar-refractivity contribution in [2.45, 2.75) is 0 Å². The zero-order valence-electron chi connectivity index (χ0n) is 11.4. The second-order valence-electron chi connectivity index (χ2n) is 4.12. The molecule has 4 heteroatoms. The molecule has 0 unspecified atom stereocenters. The molecule has 0 atom stereocenters. The molecular formula is C16H18O4. The van der Waals surface area contributed by atoms with Crippen molar-refractivity contribution in [1.82, 2.24) is 0 Å². The monoisotopic (exact) mass is 274 g/mol. The lowest BCUT2D eigenvalue weighted by molar-refractivity contribution is 0.277. The topological polar surface area (TPSA) is 69.9 Å². The maximum absolute atomic E-state index is 9.30. The van der Waals surface area contributed by atoms with Crippen molar-refractivity contribution < 1.29 is 20.1 Å². The fraction of sp³-hybridized carbons (Fsp3) is 0.125. The number of hydrogen-bond donors (Lipinski definition) is 3. The molecule has 0 aliphatic heterocycles. The number of methoxy groups -OCH3 is 1. The summed E-state index contributed by atoms with van der Waals surface area (Å²) < 4.78 is 4.25. The molecule has 2 aromatic rings. The van der Waals surface area contributed by atoms with Crippen molar-refractivity contribution in [3.8, 4) is 17.2 Å². The number of benzene rings is 2.